The summed E-state index contributed by atoms with van der Waals surface area (Å²) in [7, 11) is 4.52. The van der Waals surface area contributed by atoms with E-state index in [4.69, 9.17) is 26.4 Å². The molecule has 0 bridgehead atoms. The van der Waals surface area contributed by atoms with Crippen LogP contribution in [0.4, 0.5) is 10.7 Å². The fraction of sp³-hybridized carbons (Fsp3) is 0.333. The minimum absolute atomic E-state index is 0.367. The SMILES string of the molecule is CCc1c(C)sc(NC(=S)Nc2ccc(OC)c(OC)c2)c1C(=O)OC. The molecular formula is C18H22N2O4S2. The average Bonchev–Trinajstić information content (AvgIpc) is 2.95. The Hall–Kier alpha value is -2.32. The lowest BCUT2D eigenvalue weighted by Gasteiger charge is -2.13. The summed E-state index contributed by atoms with van der Waals surface area (Å²) < 4.78 is 15.4. The Morgan fingerprint density at radius 2 is 1.85 bits per heavy atom. The van der Waals surface area contributed by atoms with Gasteiger partial charge >= 0.3 is 5.97 Å². The van der Waals surface area contributed by atoms with Gasteiger partial charge in [-0.25, -0.2) is 4.79 Å². The van der Waals surface area contributed by atoms with Crippen LogP contribution in [-0.4, -0.2) is 32.4 Å². The number of methoxy groups -OCH3 is 3. The molecule has 2 aromatic rings. The fourth-order valence-electron chi connectivity index (χ4n) is 2.59. The van der Waals surface area contributed by atoms with Gasteiger partial charge in [0.15, 0.2) is 16.6 Å². The van der Waals surface area contributed by atoms with E-state index in [2.05, 4.69) is 10.6 Å². The molecule has 0 amide bonds. The third kappa shape index (κ3) is 4.25. The zero-order valence-corrected chi connectivity index (χ0v) is 17.0. The lowest BCUT2D eigenvalue weighted by atomic mass is 10.1. The van der Waals surface area contributed by atoms with Gasteiger partial charge in [0.05, 0.1) is 26.9 Å². The van der Waals surface area contributed by atoms with Crippen molar-refractivity contribution in [3.63, 3.8) is 0 Å². The first-order chi connectivity index (χ1) is 12.4. The number of esters is 1. The zero-order valence-electron chi connectivity index (χ0n) is 15.4. The summed E-state index contributed by atoms with van der Waals surface area (Å²) in [6.45, 7) is 3.98. The molecule has 2 N–H and O–H groups in total. The fourth-order valence-corrected chi connectivity index (χ4v) is 4.01. The van der Waals surface area contributed by atoms with Crippen LogP contribution in [0.15, 0.2) is 18.2 Å². The summed E-state index contributed by atoms with van der Waals surface area (Å²) >= 11 is 6.87. The molecule has 0 fully saturated rings. The maximum atomic E-state index is 12.2. The van der Waals surface area contributed by atoms with Crippen molar-refractivity contribution >= 4 is 45.3 Å². The predicted molar refractivity (Wildman–Crippen MR) is 109 cm³/mol. The molecule has 0 atom stereocenters. The molecule has 6 nitrogen and oxygen atoms in total. The van der Waals surface area contributed by atoms with Crippen LogP contribution in [0.3, 0.4) is 0 Å². The molecular weight excluding hydrogens is 372 g/mol. The van der Waals surface area contributed by atoms with E-state index in [9.17, 15) is 4.79 Å². The highest BCUT2D eigenvalue weighted by Crippen LogP contribution is 2.34. The first-order valence-electron chi connectivity index (χ1n) is 7.95. The normalized spacial score (nSPS) is 10.2. The number of hydrogen-bond acceptors (Lipinski definition) is 6. The van der Waals surface area contributed by atoms with Gasteiger partial charge in [-0.05, 0) is 43.3 Å². The summed E-state index contributed by atoms with van der Waals surface area (Å²) in [5.74, 6) is 0.852. The molecule has 0 spiro atoms. The van der Waals surface area contributed by atoms with E-state index < -0.39 is 0 Å². The molecule has 8 heteroatoms. The molecule has 0 radical (unpaired) electrons. The second-order valence-corrected chi connectivity index (χ2v) is 6.97. The minimum Gasteiger partial charge on any atom is -0.493 e. The molecule has 0 saturated carbocycles. The summed E-state index contributed by atoms with van der Waals surface area (Å²) in [6, 6.07) is 5.40. The van der Waals surface area contributed by atoms with Crippen molar-refractivity contribution in [3.05, 3.63) is 34.2 Å². The summed E-state index contributed by atoms with van der Waals surface area (Å²) in [5.41, 5.74) is 2.25. The Morgan fingerprint density at radius 1 is 1.15 bits per heavy atom. The number of rotatable bonds is 6. The molecule has 26 heavy (non-hydrogen) atoms. The smallest absolute Gasteiger partial charge is 0.341 e. The number of thiocarbonyl (C=S) groups is 1. The Bertz CT molecular complexity index is 818. The van der Waals surface area contributed by atoms with Gasteiger partial charge in [-0.2, -0.15) is 0 Å². The topological polar surface area (TPSA) is 68.8 Å². The molecule has 0 aliphatic rings. The Balaban J connectivity index is 2.22. The van der Waals surface area contributed by atoms with E-state index in [0.717, 1.165) is 22.5 Å². The van der Waals surface area contributed by atoms with Crippen molar-refractivity contribution in [1.29, 1.82) is 0 Å². The first kappa shape index (κ1) is 20.0. The number of benzene rings is 1. The Kier molecular flexibility index (Phi) is 6.82. The molecule has 1 aromatic carbocycles. The van der Waals surface area contributed by atoms with Crippen LogP contribution in [0.2, 0.25) is 0 Å². The van der Waals surface area contributed by atoms with Crippen LogP contribution in [-0.2, 0) is 11.2 Å². The van der Waals surface area contributed by atoms with E-state index in [0.29, 0.717) is 27.2 Å². The predicted octanol–water partition coefficient (Wildman–Crippen LogP) is 4.23. The van der Waals surface area contributed by atoms with E-state index in [1.165, 1.54) is 18.4 Å². The molecule has 1 heterocycles. The van der Waals surface area contributed by atoms with Gasteiger partial charge in [-0.15, -0.1) is 11.3 Å². The van der Waals surface area contributed by atoms with Crippen LogP contribution in [0.5, 0.6) is 11.5 Å². The number of aryl methyl sites for hydroxylation is 1. The lowest BCUT2D eigenvalue weighted by Crippen LogP contribution is -2.20. The maximum absolute atomic E-state index is 12.2. The van der Waals surface area contributed by atoms with Gasteiger partial charge in [-0.1, -0.05) is 6.92 Å². The van der Waals surface area contributed by atoms with E-state index in [1.807, 2.05) is 19.9 Å². The van der Waals surface area contributed by atoms with Gasteiger partial charge in [0, 0.05) is 16.6 Å². The molecule has 140 valence electrons. The van der Waals surface area contributed by atoms with Gasteiger partial charge in [-0.3, -0.25) is 0 Å². The van der Waals surface area contributed by atoms with Gasteiger partial charge in [0.1, 0.15) is 5.00 Å². The second kappa shape index (κ2) is 8.86. The highest BCUT2D eigenvalue weighted by atomic mass is 32.1. The van der Waals surface area contributed by atoms with E-state index >= 15 is 0 Å². The second-order valence-electron chi connectivity index (χ2n) is 5.33. The Morgan fingerprint density at radius 3 is 2.42 bits per heavy atom. The number of ether oxygens (including phenoxy) is 3. The van der Waals surface area contributed by atoms with Crippen molar-refractivity contribution in [2.45, 2.75) is 20.3 Å². The molecule has 1 aromatic heterocycles. The number of anilines is 2. The maximum Gasteiger partial charge on any atom is 0.341 e. The number of hydrogen-bond donors (Lipinski definition) is 2. The first-order valence-corrected chi connectivity index (χ1v) is 9.18. The van der Waals surface area contributed by atoms with E-state index in [1.54, 1.807) is 26.4 Å². The molecule has 2 rings (SSSR count). The van der Waals surface area contributed by atoms with Crippen molar-refractivity contribution in [1.82, 2.24) is 0 Å². The minimum atomic E-state index is -0.373. The van der Waals surface area contributed by atoms with Crippen LogP contribution in [0.25, 0.3) is 0 Å². The third-order valence-electron chi connectivity index (χ3n) is 3.82. The molecule has 0 unspecified atom stereocenters. The van der Waals surface area contributed by atoms with Crippen molar-refractivity contribution < 1.29 is 19.0 Å². The lowest BCUT2D eigenvalue weighted by molar-refractivity contribution is 0.0601. The molecule has 0 aliphatic carbocycles. The quantitative estimate of drug-likeness (QED) is 0.561. The van der Waals surface area contributed by atoms with E-state index in [-0.39, 0.29) is 5.97 Å². The summed E-state index contributed by atoms with van der Waals surface area (Å²) in [6.07, 6.45) is 0.740. The average molecular weight is 395 g/mol. The van der Waals surface area contributed by atoms with Gasteiger partial charge in [0.25, 0.3) is 0 Å². The monoisotopic (exact) mass is 394 g/mol. The largest absolute Gasteiger partial charge is 0.493 e. The summed E-state index contributed by atoms with van der Waals surface area (Å²) in [5, 5.41) is 7.23. The van der Waals surface area contributed by atoms with Crippen LogP contribution in [0.1, 0.15) is 27.7 Å². The zero-order chi connectivity index (χ0) is 19.3. The van der Waals surface area contributed by atoms with Crippen molar-refractivity contribution in [2.24, 2.45) is 0 Å². The van der Waals surface area contributed by atoms with Crippen LogP contribution in [0, 0.1) is 6.92 Å². The van der Waals surface area contributed by atoms with Crippen molar-refractivity contribution in [2.75, 3.05) is 32.0 Å². The van der Waals surface area contributed by atoms with Crippen LogP contribution < -0.4 is 20.1 Å². The number of nitrogens with one attached hydrogen (secondary N) is 2. The number of carbonyl (C=O) groups is 1. The Labute approximate surface area is 162 Å². The number of carbonyl (C=O) groups excluding carboxylic acids is 1. The number of thiophene rings is 1. The van der Waals surface area contributed by atoms with Crippen molar-refractivity contribution in [3.8, 4) is 11.5 Å². The standard InChI is InChI=1S/C18H22N2O4S2/c1-6-12-10(2)26-16(15(12)17(21)24-5)20-18(25)19-11-7-8-13(22-3)14(9-11)23-4/h7-9H,6H2,1-5H3,(H2,19,20,25). The highest BCUT2D eigenvalue weighted by Gasteiger charge is 2.22. The summed E-state index contributed by atoms with van der Waals surface area (Å²) in [4.78, 5) is 13.2. The van der Waals surface area contributed by atoms with Gasteiger partial charge in [0.2, 0.25) is 0 Å². The van der Waals surface area contributed by atoms with Gasteiger partial charge < -0.3 is 24.8 Å². The molecule has 0 saturated heterocycles. The van der Waals surface area contributed by atoms with Crippen LogP contribution >= 0.6 is 23.6 Å². The molecule has 0 aliphatic heterocycles. The third-order valence-corrected chi connectivity index (χ3v) is 5.09. The highest BCUT2D eigenvalue weighted by molar-refractivity contribution is 7.80.